The average molecular weight is 189 g/mol. The topological polar surface area (TPSA) is 73.6 Å². The molecule has 0 atom stereocenters. The van der Waals surface area contributed by atoms with Crippen molar-refractivity contribution in [3.05, 3.63) is 30.5 Å². The Kier molecular flexibility index (Phi) is 2.11. The number of benzene rings is 1. The van der Waals surface area contributed by atoms with E-state index in [9.17, 15) is 0 Å². The SMILES string of the molecule is OB(O)c1ccc2cc(O)cnc2c1. The van der Waals surface area contributed by atoms with Crippen LogP contribution in [-0.4, -0.2) is 27.3 Å². The Morgan fingerprint density at radius 1 is 1.14 bits per heavy atom. The zero-order chi connectivity index (χ0) is 10.1. The van der Waals surface area contributed by atoms with Gasteiger partial charge in [-0.2, -0.15) is 0 Å². The first kappa shape index (κ1) is 8.99. The van der Waals surface area contributed by atoms with Crippen LogP contribution < -0.4 is 5.46 Å². The van der Waals surface area contributed by atoms with E-state index in [1.54, 1.807) is 24.3 Å². The van der Waals surface area contributed by atoms with Gasteiger partial charge >= 0.3 is 7.12 Å². The Morgan fingerprint density at radius 2 is 1.93 bits per heavy atom. The first-order valence-corrected chi connectivity index (χ1v) is 4.11. The van der Waals surface area contributed by atoms with Crippen LogP contribution in [0, 0.1) is 0 Å². The lowest BCUT2D eigenvalue weighted by Gasteiger charge is -2.01. The zero-order valence-electron chi connectivity index (χ0n) is 7.25. The molecule has 0 fully saturated rings. The molecule has 0 saturated heterocycles. The fourth-order valence-corrected chi connectivity index (χ4v) is 1.29. The van der Waals surface area contributed by atoms with Gasteiger partial charge in [0.15, 0.2) is 0 Å². The van der Waals surface area contributed by atoms with E-state index in [2.05, 4.69) is 4.98 Å². The molecular weight excluding hydrogens is 181 g/mol. The first-order valence-electron chi connectivity index (χ1n) is 4.11. The van der Waals surface area contributed by atoms with E-state index >= 15 is 0 Å². The molecule has 1 aromatic heterocycles. The van der Waals surface area contributed by atoms with Gasteiger partial charge in [0.1, 0.15) is 5.75 Å². The van der Waals surface area contributed by atoms with Crippen LogP contribution in [0.25, 0.3) is 10.9 Å². The van der Waals surface area contributed by atoms with Gasteiger partial charge < -0.3 is 15.2 Å². The van der Waals surface area contributed by atoms with Crippen molar-refractivity contribution in [3.63, 3.8) is 0 Å². The molecule has 0 aliphatic heterocycles. The van der Waals surface area contributed by atoms with Gasteiger partial charge in [0, 0.05) is 5.39 Å². The smallest absolute Gasteiger partial charge is 0.488 e. The van der Waals surface area contributed by atoms with Gasteiger partial charge in [-0.15, -0.1) is 0 Å². The molecule has 0 bridgehead atoms. The van der Waals surface area contributed by atoms with Crippen molar-refractivity contribution in [1.29, 1.82) is 0 Å². The molecule has 0 aliphatic rings. The van der Waals surface area contributed by atoms with Crippen LogP contribution in [0.1, 0.15) is 0 Å². The first-order chi connectivity index (χ1) is 6.66. The molecule has 0 amide bonds. The van der Waals surface area contributed by atoms with Crippen LogP contribution in [0.2, 0.25) is 0 Å². The molecule has 2 rings (SSSR count). The predicted molar refractivity (Wildman–Crippen MR) is 53.2 cm³/mol. The van der Waals surface area contributed by atoms with Gasteiger partial charge in [0.25, 0.3) is 0 Å². The molecule has 0 aliphatic carbocycles. The average Bonchev–Trinajstić information content (AvgIpc) is 2.16. The second-order valence-corrected chi connectivity index (χ2v) is 3.02. The van der Waals surface area contributed by atoms with E-state index < -0.39 is 7.12 Å². The molecule has 1 aromatic carbocycles. The van der Waals surface area contributed by atoms with E-state index in [1.165, 1.54) is 6.20 Å². The van der Waals surface area contributed by atoms with Crippen LogP contribution >= 0.6 is 0 Å². The molecule has 4 nitrogen and oxygen atoms in total. The zero-order valence-corrected chi connectivity index (χ0v) is 7.25. The van der Waals surface area contributed by atoms with Crippen LogP contribution in [0.3, 0.4) is 0 Å². The summed E-state index contributed by atoms with van der Waals surface area (Å²) in [6, 6.07) is 6.39. The van der Waals surface area contributed by atoms with Crippen molar-refractivity contribution >= 4 is 23.5 Å². The van der Waals surface area contributed by atoms with Crippen LogP contribution in [-0.2, 0) is 0 Å². The fraction of sp³-hybridized carbons (Fsp3) is 0. The lowest BCUT2D eigenvalue weighted by Crippen LogP contribution is -2.29. The number of aromatic nitrogens is 1. The Balaban J connectivity index is 2.62. The summed E-state index contributed by atoms with van der Waals surface area (Å²) in [5, 5.41) is 27.7. The molecule has 0 saturated carbocycles. The lowest BCUT2D eigenvalue weighted by molar-refractivity contribution is 0.426. The number of aromatic hydroxyl groups is 1. The standard InChI is InChI=1S/C9H8BNO3/c12-8-3-6-1-2-7(10(13)14)4-9(6)11-5-8/h1-5,12-14H. The van der Waals surface area contributed by atoms with Crippen molar-refractivity contribution in [2.75, 3.05) is 0 Å². The van der Waals surface area contributed by atoms with E-state index in [1.807, 2.05) is 0 Å². The third-order valence-corrected chi connectivity index (χ3v) is 1.99. The summed E-state index contributed by atoms with van der Waals surface area (Å²) in [7, 11) is -1.49. The van der Waals surface area contributed by atoms with Crippen molar-refractivity contribution in [1.82, 2.24) is 4.98 Å². The van der Waals surface area contributed by atoms with Gasteiger partial charge in [-0.3, -0.25) is 4.98 Å². The highest BCUT2D eigenvalue weighted by Crippen LogP contribution is 2.15. The number of rotatable bonds is 1. The molecule has 1 heterocycles. The quantitative estimate of drug-likeness (QED) is 0.534. The molecule has 0 unspecified atom stereocenters. The molecular formula is C9H8BNO3. The molecule has 70 valence electrons. The normalized spacial score (nSPS) is 10.4. The van der Waals surface area contributed by atoms with E-state index in [4.69, 9.17) is 15.2 Å². The molecule has 0 radical (unpaired) electrons. The molecule has 2 aromatic rings. The highest BCUT2D eigenvalue weighted by atomic mass is 16.4. The molecule has 14 heavy (non-hydrogen) atoms. The van der Waals surface area contributed by atoms with Gasteiger partial charge in [-0.25, -0.2) is 0 Å². The Labute approximate surface area is 80.6 Å². The maximum atomic E-state index is 9.15. The molecule has 5 heteroatoms. The Hall–Kier alpha value is -1.59. The second-order valence-electron chi connectivity index (χ2n) is 3.02. The number of nitrogens with zero attached hydrogens (tertiary/aromatic N) is 1. The van der Waals surface area contributed by atoms with Crippen molar-refractivity contribution < 1.29 is 15.2 Å². The summed E-state index contributed by atoms with van der Waals surface area (Å²) in [5.41, 5.74) is 1.00. The second kappa shape index (κ2) is 3.28. The lowest BCUT2D eigenvalue weighted by atomic mass is 9.80. The van der Waals surface area contributed by atoms with Crippen molar-refractivity contribution in [2.45, 2.75) is 0 Å². The maximum absolute atomic E-state index is 9.15. The Morgan fingerprint density at radius 3 is 2.64 bits per heavy atom. The number of fused-ring (bicyclic) bond motifs is 1. The highest BCUT2D eigenvalue weighted by Gasteiger charge is 2.11. The number of hydrogen-bond acceptors (Lipinski definition) is 4. The van der Waals surface area contributed by atoms with E-state index in [0.29, 0.717) is 11.0 Å². The third-order valence-electron chi connectivity index (χ3n) is 1.99. The van der Waals surface area contributed by atoms with E-state index in [0.717, 1.165) is 5.39 Å². The van der Waals surface area contributed by atoms with Gasteiger partial charge in [-0.05, 0) is 17.6 Å². The summed E-state index contributed by atoms with van der Waals surface area (Å²) in [6.45, 7) is 0. The Bertz CT molecular complexity index is 473. The monoisotopic (exact) mass is 189 g/mol. The molecule has 0 spiro atoms. The van der Waals surface area contributed by atoms with Gasteiger partial charge in [0.2, 0.25) is 0 Å². The highest BCUT2D eigenvalue weighted by molar-refractivity contribution is 6.58. The maximum Gasteiger partial charge on any atom is 0.488 e. The molecule has 3 N–H and O–H groups in total. The minimum Gasteiger partial charge on any atom is -0.506 e. The summed E-state index contributed by atoms with van der Waals surface area (Å²) in [6.07, 6.45) is 1.32. The largest absolute Gasteiger partial charge is 0.506 e. The number of pyridine rings is 1. The van der Waals surface area contributed by atoms with Gasteiger partial charge in [0.05, 0.1) is 11.7 Å². The number of hydrogen-bond donors (Lipinski definition) is 3. The summed E-state index contributed by atoms with van der Waals surface area (Å²) in [4.78, 5) is 3.95. The third kappa shape index (κ3) is 1.55. The minimum atomic E-state index is -1.49. The summed E-state index contributed by atoms with van der Waals surface area (Å²) in [5.74, 6) is 0.0924. The fourth-order valence-electron chi connectivity index (χ4n) is 1.29. The van der Waals surface area contributed by atoms with Gasteiger partial charge in [-0.1, -0.05) is 12.1 Å². The van der Waals surface area contributed by atoms with Crippen LogP contribution in [0.15, 0.2) is 30.5 Å². The van der Waals surface area contributed by atoms with E-state index in [-0.39, 0.29) is 5.75 Å². The van der Waals surface area contributed by atoms with Crippen LogP contribution in [0.5, 0.6) is 5.75 Å². The van der Waals surface area contributed by atoms with Crippen LogP contribution in [0.4, 0.5) is 0 Å². The predicted octanol–water partition coefficient (Wildman–Crippen LogP) is -0.380. The minimum absolute atomic E-state index is 0.0924. The van der Waals surface area contributed by atoms with Crippen molar-refractivity contribution in [3.8, 4) is 5.75 Å². The summed E-state index contributed by atoms with van der Waals surface area (Å²) >= 11 is 0. The van der Waals surface area contributed by atoms with Crippen molar-refractivity contribution in [2.24, 2.45) is 0 Å². The summed E-state index contributed by atoms with van der Waals surface area (Å²) < 4.78 is 0.